The van der Waals surface area contributed by atoms with Gasteiger partial charge in [0.15, 0.2) is 0 Å². The van der Waals surface area contributed by atoms with Gasteiger partial charge in [-0.05, 0) is 36.4 Å². The number of benzene rings is 2. The fourth-order valence-electron chi connectivity index (χ4n) is 2.07. The van der Waals surface area contributed by atoms with Gasteiger partial charge in [-0.1, -0.05) is 12.1 Å². The maximum atomic E-state index is 13.5. The van der Waals surface area contributed by atoms with Crippen LogP contribution in [0.2, 0.25) is 0 Å². The Bertz CT molecular complexity index is 812. The number of amides is 2. The zero-order valence-corrected chi connectivity index (χ0v) is 15.5. The van der Waals surface area contributed by atoms with Gasteiger partial charge in [0.25, 0.3) is 5.91 Å². The van der Waals surface area contributed by atoms with Gasteiger partial charge in [-0.25, -0.2) is 4.39 Å². The van der Waals surface area contributed by atoms with Gasteiger partial charge in [-0.2, -0.15) is 0 Å². The van der Waals surface area contributed by atoms with E-state index in [1.165, 1.54) is 37.1 Å². The molecule has 0 heterocycles. The second kappa shape index (κ2) is 10.3. The number of anilines is 1. The van der Waals surface area contributed by atoms with E-state index >= 15 is 0 Å². The van der Waals surface area contributed by atoms with Crippen molar-refractivity contribution < 1.29 is 23.5 Å². The van der Waals surface area contributed by atoms with Crippen molar-refractivity contribution in [3.8, 4) is 0 Å². The minimum absolute atomic E-state index is 0.207. The van der Waals surface area contributed by atoms with Crippen molar-refractivity contribution in [1.29, 1.82) is 0 Å². The summed E-state index contributed by atoms with van der Waals surface area (Å²) in [4.78, 5) is 35.3. The van der Waals surface area contributed by atoms with E-state index in [-0.39, 0.29) is 24.7 Å². The Labute approximate surface area is 160 Å². The molecule has 0 atom stereocenters. The molecule has 0 unspecified atom stereocenters. The molecule has 0 bridgehead atoms. The van der Waals surface area contributed by atoms with Crippen LogP contribution in [0.3, 0.4) is 0 Å². The molecule has 2 N–H and O–H groups in total. The SMILES string of the molecule is COC(=O)CNC(=O)c1ccc(NC(=O)CCSc2ccccc2F)cc1. The summed E-state index contributed by atoms with van der Waals surface area (Å²) in [5.41, 5.74) is 0.896. The first-order valence-electron chi connectivity index (χ1n) is 8.12. The molecule has 0 fully saturated rings. The summed E-state index contributed by atoms with van der Waals surface area (Å²) in [7, 11) is 1.24. The van der Waals surface area contributed by atoms with Gasteiger partial charge < -0.3 is 15.4 Å². The van der Waals surface area contributed by atoms with E-state index in [9.17, 15) is 18.8 Å². The van der Waals surface area contributed by atoms with Gasteiger partial charge in [0, 0.05) is 28.3 Å². The Hall–Kier alpha value is -2.87. The van der Waals surface area contributed by atoms with Crippen LogP contribution in [0.5, 0.6) is 0 Å². The molecule has 0 aliphatic carbocycles. The van der Waals surface area contributed by atoms with Crippen molar-refractivity contribution in [1.82, 2.24) is 5.32 Å². The zero-order chi connectivity index (χ0) is 19.6. The quantitative estimate of drug-likeness (QED) is 0.535. The number of nitrogens with one attached hydrogen (secondary N) is 2. The van der Waals surface area contributed by atoms with Crippen molar-refractivity contribution in [2.24, 2.45) is 0 Å². The third-order valence-electron chi connectivity index (χ3n) is 3.48. The summed E-state index contributed by atoms with van der Waals surface area (Å²) in [6, 6.07) is 12.7. The maximum absolute atomic E-state index is 13.5. The highest BCUT2D eigenvalue weighted by atomic mass is 32.2. The summed E-state index contributed by atoms with van der Waals surface area (Å²) in [5, 5.41) is 5.14. The number of hydrogen-bond acceptors (Lipinski definition) is 5. The van der Waals surface area contributed by atoms with E-state index in [0.717, 1.165) is 0 Å². The highest BCUT2D eigenvalue weighted by Crippen LogP contribution is 2.22. The Morgan fingerprint density at radius 1 is 1.07 bits per heavy atom. The Kier molecular flexibility index (Phi) is 7.81. The number of ether oxygens (including phenoxy) is 1. The lowest BCUT2D eigenvalue weighted by Gasteiger charge is -2.07. The number of halogens is 1. The first-order chi connectivity index (χ1) is 13.0. The fraction of sp³-hybridized carbons (Fsp3) is 0.211. The highest BCUT2D eigenvalue weighted by molar-refractivity contribution is 7.99. The summed E-state index contributed by atoms with van der Waals surface area (Å²) in [6.45, 7) is -0.215. The lowest BCUT2D eigenvalue weighted by Crippen LogP contribution is -2.30. The Balaban J connectivity index is 1.78. The van der Waals surface area contributed by atoms with Crippen molar-refractivity contribution in [3.05, 3.63) is 59.9 Å². The largest absolute Gasteiger partial charge is 0.468 e. The molecule has 0 saturated carbocycles. The summed E-state index contributed by atoms with van der Waals surface area (Å²) in [6.07, 6.45) is 0.223. The molecule has 27 heavy (non-hydrogen) atoms. The molecular weight excluding hydrogens is 371 g/mol. The van der Waals surface area contributed by atoms with Gasteiger partial charge in [0.2, 0.25) is 5.91 Å². The van der Waals surface area contributed by atoms with Crippen LogP contribution in [0, 0.1) is 5.82 Å². The average molecular weight is 390 g/mol. The van der Waals surface area contributed by atoms with E-state index in [4.69, 9.17) is 0 Å². The number of carbonyl (C=O) groups excluding carboxylic acids is 3. The highest BCUT2D eigenvalue weighted by Gasteiger charge is 2.09. The van der Waals surface area contributed by atoms with Crippen LogP contribution in [0.4, 0.5) is 10.1 Å². The predicted octanol–water partition coefficient (Wildman–Crippen LogP) is 2.85. The Morgan fingerprint density at radius 3 is 2.44 bits per heavy atom. The van der Waals surface area contributed by atoms with E-state index in [2.05, 4.69) is 15.4 Å². The van der Waals surface area contributed by atoms with E-state index in [0.29, 0.717) is 21.9 Å². The molecule has 2 rings (SSSR count). The minimum Gasteiger partial charge on any atom is -0.468 e. The van der Waals surface area contributed by atoms with Crippen molar-refractivity contribution >= 4 is 35.2 Å². The predicted molar refractivity (Wildman–Crippen MR) is 101 cm³/mol. The topological polar surface area (TPSA) is 84.5 Å². The molecule has 0 aliphatic rings. The molecule has 0 radical (unpaired) electrons. The standard InChI is InChI=1S/C19H19FN2O4S/c1-26-18(24)12-21-19(25)13-6-8-14(9-7-13)22-17(23)10-11-27-16-5-3-2-4-15(16)20/h2-9H,10-12H2,1H3,(H,21,25)(H,22,23). The number of esters is 1. The Morgan fingerprint density at radius 2 is 1.78 bits per heavy atom. The third-order valence-corrected chi connectivity index (χ3v) is 4.53. The molecule has 0 spiro atoms. The number of carbonyl (C=O) groups is 3. The molecule has 6 nitrogen and oxygen atoms in total. The molecule has 0 aromatic heterocycles. The van der Waals surface area contributed by atoms with Gasteiger partial charge in [-0.15, -0.1) is 11.8 Å². The summed E-state index contributed by atoms with van der Waals surface area (Å²) < 4.78 is 17.9. The molecule has 2 aromatic carbocycles. The maximum Gasteiger partial charge on any atom is 0.325 e. The second-order valence-corrected chi connectivity index (χ2v) is 6.55. The normalized spacial score (nSPS) is 10.1. The molecule has 0 saturated heterocycles. The summed E-state index contributed by atoms with van der Waals surface area (Å²) in [5.74, 6) is -1.02. The molecule has 2 amide bonds. The zero-order valence-electron chi connectivity index (χ0n) is 14.7. The van der Waals surface area contributed by atoms with Crippen LogP contribution in [-0.4, -0.2) is 37.2 Å². The molecule has 142 valence electrons. The van der Waals surface area contributed by atoms with Crippen molar-refractivity contribution in [2.75, 3.05) is 24.7 Å². The minimum atomic E-state index is -0.541. The van der Waals surface area contributed by atoms with E-state index in [1.807, 2.05) is 0 Å². The third kappa shape index (κ3) is 6.74. The fourth-order valence-corrected chi connectivity index (χ4v) is 2.96. The van der Waals surface area contributed by atoms with Crippen LogP contribution in [0.1, 0.15) is 16.8 Å². The number of hydrogen-bond donors (Lipinski definition) is 2. The van der Waals surface area contributed by atoms with Crippen LogP contribution >= 0.6 is 11.8 Å². The average Bonchev–Trinajstić information content (AvgIpc) is 2.68. The first-order valence-corrected chi connectivity index (χ1v) is 9.10. The lowest BCUT2D eigenvalue weighted by atomic mass is 10.2. The van der Waals surface area contributed by atoms with Crippen LogP contribution < -0.4 is 10.6 Å². The summed E-state index contributed by atoms with van der Waals surface area (Å²) >= 11 is 1.28. The van der Waals surface area contributed by atoms with Crippen LogP contribution in [0.15, 0.2) is 53.4 Å². The van der Waals surface area contributed by atoms with Crippen LogP contribution in [0.25, 0.3) is 0 Å². The second-order valence-electron chi connectivity index (χ2n) is 5.41. The number of thioether (sulfide) groups is 1. The van der Waals surface area contributed by atoms with Gasteiger partial charge in [-0.3, -0.25) is 14.4 Å². The first kappa shape index (κ1) is 20.4. The molecule has 0 aliphatic heterocycles. The smallest absolute Gasteiger partial charge is 0.325 e. The van der Waals surface area contributed by atoms with Gasteiger partial charge in [0.05, 0.1) is 7.11 Å². The van der Waals surface area contributed by atoms with Gasteiger partial charge >= 0.3 is 5.97 Å². The molecular formula is C19H19FN2O4S. The van der Waals surface area contributed by atoms with Crippen molar-refractivity contribution in [2.45, 2.75) is 11.3 Å². The van der Waals surface area contributed by atoms with Gasteiger partial charge in [0.1, 0.15) is 12.4 Å². The molecule has 2 aromatic rings. The monoisotopic (exact) mass is 390 g/mol. The molecule has 8 heteroatoms. The number of rotatable bonds is 8. The van der Waals surface area contributed by atoms with E-state index < -0.39 is 11.9 Å². The van der Waals surface area contributed by atoms with Crippen LogP contribution in [-0.2, 0) is 14.3 Å². The number of methoxy groups -OCH3 is 1. The lowest BCUT2D eigenvalue weighted by molar-refractivity contribution is -0.139. The van der Waals surface area contributed by atoms with E-state index in [1.54, 1.807) is 30.3 Å². The van der Waals surface area contributed by atoms with Crippen molar-refractivity contribution in [3.63, 3.8) is 0 Å².